The number of nitrogens with zero attached hydrogens (tertiary/aromatic N) is 3. The molecule has 1 aliphatic rings. The summed E-state index contributed by atoms with van der Waals surface area (Å²) in [6.45, 7) is 2.66. The number of aromatic nitrogens is 1. The first kappa shape index (κ1) is 13.8. The lowest BCUT2D eigenvalue weighted by molar-refractivity contribution is -0.0268. The maximum absolute atomic E-state index is 13.0. The van der Waals surface area contributed by atoms with Gasteiger partial charge in [0.25, 0.3) is 0 Å². The number of alkyl halides is 1. The highest BCUT2D eigenvalue weighted by molar-refractivity contribution is 5.95. The maximum Gasteiger partial charge on any atom is 0.117 e. The molecule has 0 saturated carbocycles. The second-order valence-electron chi connectivity index (χ2n) is 5.27. The molecule has 1 aromatic carbocycles. The molecule has 2 atom stereocenters. The minimum absolute atomic E-state index is 0.0261. The van der Waals surface area contributed by atoms with E-state index in [9.17, 15) is 9.65 Å². The van der Waals surface area contributed by atoms with Gasteiger partial charge < -0.3 is 9.64 Å². The van der Waals surface area contributed by atoms with Gasteiger partial charge in [0.05, 0.1) is 17.2 Å². The number of benzene rings is 1. The van der Waals surface area contributed by atoms with Gasteiger partial charge in [0.2, 0.25) is 0 Å². The molecule has 0 N–H and O–H groups in total. The third-order valence-electron chi connectivity index (χ3n) is 3.71. The first-order valence-corrected chi connectivity index (χ1v) is 6.97. The smallest absolute Gasteiger partial charge is 0.117 e. The number of pyridine rings is 1. The van der Waals surface area contributed by atoms with E-state index < -0.39 is 12.8 Å². The topological polar surface area (TPSA) is 49.2 Å². The van der Waals surface area contributed by atoms with Crippen molar-refractivity contribution in [3.8, 4) is 6.07 Å². The first-order chi connectivity index (χ1) is 10.2. The Balaban J connectivity index is 2.07. The number of hydrogen-bond acceptors (Lipinski definition) is 4. The van der Waals surface area contributed by atoms with Gasteiger partial charge in [-0.15, -0.1) is 0 Å². The Bertz CT molecular complexity index is 697. The minimum Gasteiger partial charge on any atom is -0.369 e. The summed E-state index contributed by atoms with van der Waals surface area (Å²) in [7, 11) is 0. The molecule has 5 heteroatoms. The number of anilines is 1. The van der Waals surface area contributed by atoms with Crippen LogP contribution in [0.1, 0.15) is 12.5 Å². The summed E-state index contributed by atoms with van der Waals surface area (Å²) < 4.78 is 18.5. The highest BCUT2D eigenvalue weighted by Gasteiger charge is 2.26. The van der Waals surface area contributed by atoms with Gasteiger partial charge in [-0.25, -0.2) is 4.39 Å². The van der Waals surface area contributed by atoms with E-state index in [1.165, 1.54) is 0 Å². The molecule has 2 aromatic rings. The molecule has 1 aliphatic heterocycles. The summed E-state index contributed by atoms with van der Waals surface area (Å²) in [5.41, 5.74) is 2.22. The molecule has 4 nitrogen and oxygen atoms in total. The predicted molar refractivity (Wildman–Crippen MR) is 79.0 cm³/mol. The summed E-state index contributed by atoms with van der Waals surface area (Å²) in [4.78, 5) is 6.43. The van der Waals surface area contributed by atoms with Crippen LogP contribution in [0, 0.1) is 11.3 Å². The number of halogens is 1. The van der Waals surface area contributed by atoms with Crippen molar-refractivity contribution in [2.24, 2.45) is 0 Å². The van der Waals surface area contributed by atoms with Crippen LogP contribution in [-0.4, -0.2) is 37.0 Å². The molecule has 1 saturated heterocycles. The average molecular weight is 285 g/mol. The van der Waals surface area contributed by atoms with Crippen LogP contribution in [0.3, 0.4) is 0 Å². The summed E-state index contributed by atoms with van der Waals surface area (Å²) in [6, 6.07) is 9.65. The molecule has 0 bridgehead atoms. The first-order valence-electron chi connectivity index (χ1n) is 6.97. The van der Waals surface area contributed by atoms with Gasteiger partial charge in [-0.05, 0) is 31.2 Å². The fraction of sp³-hybridized carbons (Fsp3) is 0.375. The lowest BCUT2D eigenvalue weighted by Crippen LogP contribution is -2.47. The zero-order chi connectivity index (χ0) is 14.8. The Labute approximate surface area is 122 Å². The lowest BCUT2D eigenvalue weighted by Gasteiger charge is -2.37. The number of fused-ring (bicyclic) bond motifs is 1. The van der Waals surface area contributed by atoms with E-state index in [0.717, 1.165) is 11.1 Å². The van der Waals surface area contributed by atoms with Crippen molar-refractivity contribution >= 4 is 16.6 Å². The summed E-state index contributed by atoms with van der Waals surface area (Å²) in [5, 5.41) is 10.1. The van der Waals surface area contributed by atoms with Crippen LogP contribution in [-0.2, 0) is 4.74 Å². The fourth-order valence-electron chi connectivity index (χ4n) is 2.85. The third-order valence-corrected chi connectivity index (χ3v) is 3.71. The van der Waals surface area contributed by atoms with Gasteiger partial charge in [-0.3, -0.25) is 4.98 Å². The monoisotopic (exact) mass is 285 g/mol. The third kappa shape index (κ3) is 2.55. The van der Waals surface area contributed by atoms with E-state index in [2.05, 4.69) is 16.0 Å². The summed E-state index contributed by atoms with van der Waals surface area (Å²) in [6.07, 6.45) is 1.25. The normalized spacial score (nSPS) is 22.2. The van der Waals surface area contributed by atoms with E-state index in [-0.39, 0.29) is 6.10 Å². The number of ether oxygens (including phenoxy) is 1. The van der Waals surface area contributed by atoms with Crippen molar-refractivity contribution in [1.29, 1.82) is 5.26 Å². The quantitative estimate of drug-likeness (QED) is 0.851. The number of rotatable bonds is 2. The number of hydrogen-bond donors (Lipinski definition) is 0. The van der Waals surface area contributed by atoms with Crippen LogP contribution in [0.5, 0.6) is 0 Å². The van der Waals surface area contributed by atoms with Gasteiger partial charge in [0, 0.05) is 30.4 Å². The van der Waals surface area contributed by atoms with Crippen LogP contribution < -0.4 is 4.90 Å². The minimum atomic E-state index is -0.493. The zero-order valence-electron chi connectivity index (χ0n) is 11.8. The van der Waals surface area contributed by atoms with Crippen molar-refractivity contribution in [3.05, 3.63) is 36.0 Å². The average Bonchev–Trinajstić information content (AvgIpc) is 2.53. The lowest BCUT2D eigenvalue weighted by atomic mass is 10.1. The van der Waals surface area contributed by atoms with Crippen LogP contribution in [0.2, 0.25) is 0 Å². The largest absolute Gasteiger partial charge is 0.369 e. The van der Waals surface area contributed by atoms with Crippen LogP contribution in [0.15, 0.2) is 30.5 Å². The standard InChI is InChI=1S/C16H16FN3O/c1-11-9-20(10-13(7-17)21-11)15-5-4-12(8-18)16-14(15)3-2-6-19-16/h2-6,11,13H,7,9-10H2,1H3/t11-,13+/m0/s1. The van der Waals surface area contributed by atoms with E-state index in [0.29, 0.717) is 24.2 Å². The second kappa shape index (κ2) is 5.66. The van der Waals surface area contributed by atoms with Crippen molar-refractivity contribution < 1.29 is 9.13 Å². The van der Waals surface area contributed by atoms with Gasteiger partial charge in [0.1, 0.15) is 18.8 Å². The maximum atomic E-state index is 13.0. The summed E-state index contributed by atoms with van der Waals surface area (Å²) in [5.74, 6) is 0. The molecule has 3 rings (SSSR count). The highest BCUT2D eigenvalue weighted by atomic mass is 19.1. The van der Waals surface area contributed by atoms with Gasteiger partial charge in [-0.1, -0.05) is 0 Å². The van der Waals surface area contributed by atoms with E-state index in [1.807, 2.05) is 25.1 Å². The Hall–Kier alpha value is -2.19. The Morgan fingerprint density at radius 2 is 2.29 bits per heavy atom. The number of morpholine rings is 1. The Morgan fingerprint density at radius 3 is 3.05 bits per heavy atom. The molecule has 0 unspecified atom stereocenters. The Kier molecular flexibility index (Phi) is 3.72. The van der Waals surface area contributed by atoms with Crippen molar-refractivity contribution in [3.63, 3.8) is 0 Å². The summed E-state index contributed by atoms with van der Waals surface area (Å²) >= 11 is 0. The zero-order valence-corrected chi connectivity index (χ0v) is 11.8. The highest BCUT2D eigenvalue weighted by Crippen LogP contribution is 2.30. The molecule has 0 spiro atoms. The van der Waals surface area contributed by atoms with E-state index in [1.54, 1.807) is 12.3 Å². The van der Waals surface area contributed by atoms with Crippen molar-refractivity contribution in [2.75, 3.05) is 24.7 Å². The van der Waals surface area contributed by atoms with Crippen LogP contribution in [0.4, 0.5) is 10.1 Å². The van der Waals surface area contributed by atoms with Gasteiger partial charge >= 0.3 is 0 Å². The molecule has 0 aliphatic carbocycles. The van der Waals surface area contributed by atoms with E-state index >= 15 is 0 Å². The molecular formula is C16H16FN3O. The molecule has 0 radical (unpaired) electrons. The molecule has 1 fully saturated rings. The molecule has 108 valence electrons. The molecule has 21 heavy (non-hydrogen) atoms. The van der Waals surface area contributed by atoms with E-state index in [4.69, 9.17) is 4.74 Å². The molecule has 2 heterocycles. The second-order valence-corrected chi connectivity index (χ2v) is 5.27. The fourth-order valence-corrected chi connectivity index (χ4v) is 2.85. The Morgan fingerprint density at radius 1 is 1.43 bits per heavy atom. The SMILES string of the molecule is C[C@H]1CN(c2ccc(C#N)c3ncccc23)C[C@@H](CF)O1. The molecule has 1 aromatic heterocycles. The van der Waals surface area contributed by atoms with Crippen molar-refractivity contribution in [1.82, 2.24) is 4.98 Å². The predicted octanol–water partition coefficient (Wildman–Crippen LogP) is 2.67. The van der Waals surface area contributed by atoms with Crippen LogP contribution >= 0.6 is 0 Å². The van der Waals surface area contributed by atoms with Crippen molar-refractivity contribution in [2.45, 2.75) is 19.1 Å². The van der Waals surface area contributed by atoms with Crippen LogP contribution in [0.25, 0.3) is 10.9 Å². The van der Waals surface area contributed by atoms with Gasteiger partial charge in [0.15, 0.2) is 0 Å². The number of nitriles is 1. The molecular weight excluding hydrogens is 269 g/mol. The molecule has 0 amide bonds. The van der Waals surface area contributed by atoms with Gasteiger partial charge in [-0.2, -0.15) is 5.26 Å².